The number of hydrogen-bond acceptors (Lipinski definition) is 6. The SMILES string of the molecule is CCC(C)C(NC(=O)C(Cc1cnc[nH]1)NC(=O)C(N)Cc1ccccc1)C(=O)N1CCCC1C(=O)O. The van der Waals surface area contributed by atoms with Gasteiger partial charge in [0.1, 0.15) is 18.1 Å². The molecular weight excluding hydrogens is 476 g/mol. The lowest BCUT2D eigenvalue weighted by molar-refractivity contribution is -0.150. The van der Waals surface area contributed by atoms with E-state index in [2.05, 4.69) is 20.6 Å². The highest BCUT2D eigenvalue weighted by Crippen LogP contribution is 2.21. The predicted molar refractivity (Wildman–Crippen MR) is 136 cm³/mol. The number of H-pyrrole nitrogens is 1. The van der Waals surface area contributed by atoms with Gasteiger partial charge in [0.25, 0.3) is 0 Å². The molecule has 1 aliphatic rings. The van der Waals surface area contributed by atoms with Gasteiger partial charge in [0.2, 0.25) is 17.7 Å². The predicted octanol–water partition coefficient (Wildman–Crippen LogP) is 0.614. The number of likely N-dealkylation sites (tertiary alicyclic amines) is 1. The molecule has 11 nitrogen and oxygen atoms in total. The Hall–Kier alpha value is -3.73. The zero-order chi connectivity index (χ0) is 26.9. The van der Waals surface area contributed by atoms with Crippen LogP contribution in [0.1, 0.15) is 44.4 Å². The first-order valence-electron chi connectivity index (χ1n) is 12.6. The molecule has 1 aromatic heterocycles. The molecule has 5 atom stereocenters. The van der Waals surface area contributed by atoms with Crippen molar-refractivity contribution in [3.8, 4) is 0 Å². The van der Waals surface area contributed by atoms with Gasteiger partial charge in [0.05, 0.1) is 12.4 Å². The number of hydrogen-bond donors (Lipinski definition) is 5. The molecule has 0 radical (unpaired) electrons. The van der Waals surface area contributed by atoms with Gasteiger partial charge in [-0.2, -0.15) is 0 Å². The summed E-state index contributed by atoms with van der Waals surface area (Å²) in [6.45, 7) is 4.04. The number of benzene rings is 1. The van der Waals surface area contributed by atoms with Gasteiger partial charge >= 0.3 is 5.97 Å². The maximum atomic E-state index is 13.5. The lowest BCUT2D eigenvalue weighted by Gasteiger charge is -2.31. The molecule has 0 aliphatic carbocycles. The second-order valence-electron chi connectivity index (χ2n) is 9.54. The fraction of sp³-hybridized carbons (Fsp3) is 0.500. The first-order valence-corrected chi connectivity index (χ1v) is 12.6. The summed E-state index contributed by atoms with van der Waals surface area (Å²) in [5.74, 6) is -2.80. The van der Waals surface area contributed by atoms with Crippen LogP contribution in [0.3, 0.4) is 0 Å². The number of aromatic nitrogens is 2. The third-order valence-corrected chi connectivity index (χ3v) is 6.84. The minimum atomic E-state index is -1.06. The van der Waals surface area contributed by atoms with Crippen molar-refractivity contribution in [3.63, 3.8) is 0 Å². The number of carbonyl (C=O) groups is 4. The number of aliphatic carboxylic acids is 1. The van der Waals surface area contributed by atoms with Crippen LogP contribution in [0.5, 0.6) is 0 Å². The van der Waals surface area contributed by atoms with Crippen molar-refractivity contribution < 1.29 is 24.3 Å². The monoisotopic (exact) mass is 512 g/mol. The summed E-state index contributed by atoms with van der Waals surface area (Å²) in [5, 5.41) is 15.1. The Morgan fingerprint density at radius 2 is 1.89 bits per heavy atom. The zero-order valence-corrected chi connectivity index (χ0v) is 21.2. The van der Waals surface area contributed by atoms with Crippen LogP contribution < -0.4 is 16.4 Å². The Morgan fingerprint density at radius 1 is 1.16 bits per heavy atom. The molecule has 3 rings (SSSR count). The van der Waals surface area contributed by atoms with Crippen molar-refractivity contribution in [1.82, 2.24) is 25.5 Å². The molecule has 3 amide bonds. The summed E-state index contributed by atoms with van der Waals surface area (Å²) in [7, 11) is 0. The second kappa shape index (κ2) is 13.0. The number of rotatable bonds is 12. The van der Waals surface area contributed by atoms with Gasteiger partial charge in [-0.15, -0.1) is 0 Å². The van der Waals surface area contributed by atoms with Crippen LogP contribution in [0.25, 0.3) is 0 Å². The van der Waals surface area contributed by atoms with Crippen LogP contribution in [0, 0.1) is 5.92 Å². The van der Waals surface area contributed by atoms with Gasteiger partial charge < -0.3 is 31.4 Å². The van der Waals surface area contributed by atoms with Crippen LogP contribution in [-0.2, 0) is 32.0 Å². The highest BCUT2D eigenvalue weighted by molar-refractivity contribution is 5.94. The summed E-state index contributed by atoms with van der Waals surface area (Å²) < 4.78 is 0. The second-order valence-corrected chi connectivity index (χ2v) is 9.54. The Kier molecular flexibility index (Phi) is 9.78. The molecule has 2 heterocycles. The van der Waals surface area contributed by atoms with Crippen molar-refractivity contribution in [2.24, 2.45) is 11.7 Å². The van der Waals surface area contributed by atoms with Crippen LogP contribution in [0.15, 0.2) is 42.9 Å². The van der Waals surface area contributed by atoms with E-state index in [1.165, 1.54) is 11.2 Å². The van der Waals surface area contributed by atoms with Crippen LogP contribution >= 0.6 is 0 Å². The number of nitrogens with two attached hydrogens (primary N) is 1. The van der Waals surface area contributed by atoms with E-state index in [4.69, 9.17) is 5.73 Å². The number of amides is 3. The lowest BCUT2D eigenvalue weighted by atomic mass is 9.96. The van der Waals surface area contributed by atoms with Crippen molar-refractivity contribution in [2.45, 2.75) is 70.1 Å². The Balaban J connectivity index is 1.76. The number of nitrogens with one attached hydrogen (secondary N) is 3. The fourth-order valence-electron chi connectivity index (χ4n) is 4.47. The molecule has 1 aliphatic heterocycles. The van der Waals surface area contributed by atoms with E-state index < -0.39 is 47.9 Å². The van der Waals surface area contributed by atoms with Gasteiger partial charge in [-0.1, -0.05) is 50.6 Å². The average Bonchev–Trinajstić information content (AvgIpc) is 3.59. The normalized spacial score (nSPS) is 18.5. The number of carboxylic acids is 1. The van der Waals surface area contributed by atoms with E-state index in [-0.39, 0.29) is 12.3 Å². The molecule has 1 fully saturated rings. The molecule has 37 heavy (non-hydrogen) atoms. The van der Waals surface area contributed by atoms with Crippen molar-refractivity contribution in [1.29, 1.82) is 0 Å². The first kappa shape index (κ1) is 27.9. The topological polar surface area (TPSA) is 171 Å². The van der Waals surface area contributed by atoms with Crippen LogP contribution in [-0.4, -0.2) is 74.4 Å². The van der Waals surface area contributed by atoms with Gasteiger partial charge in [0.15, 0.2) is 0 Å². The van der Waals surface area contributed by atoms with Gasteiger partial charge in [-0.25, -0.2) is 9.78 Å². The number of nitrogens with zero attached hydrogens (tertiary/aromatic N) is 2. The first-order chi connectivity index (χ1) is 17.7. The summed E-state index contributed by atoms with van der Waals surface area (Å²) in [6.07, 6.45) is 4.97. The third-order valence-electron chi connectivity index (χ3n) is 6.84. The molecular formula is C26H36N6O5. The van der Waals surface area contributed by atoms with E-state index in [0.717, 1.165) is 5.56 Å². The van der Waals surface area contributed by atoms with Crippen molar-refractivity contribution >= 4 is 23.7 Å². The highest BCUT2D eigenvalue weighted by atomic mass is 16.4. The van der Waals surface area contributed by atoms with Gasteiger partial charge in [-0.05, 0) is 30.7 Å². The zero-order valence-electron chi connectivity index (χ0n) is 21.2. The average molecular weight is 513 g/mol. The lowest BCUT2D eigenvalue weighted by Crippen LogP contribution is -2.59. The Labute approximate surface area is 216 Å². The number of carboxylic acid groups (broad SMARTS) is 1. The molecule has 2 aromatic rings. The van der Waals surface area contributed by atoms with E-state index in [1.54, 1.807) is 6.20 Å². The molecule has 200 valence electrons. The van der Waals surface area contributed by atoms with Gasteiger partial charge in [0, 0.05) is 24.9 Å². The number of aromatic amines is 1. The molecule has 5 unspecified atom stereocenters. The van der Waals surface area contributed by atoms with Crippen molar-refractivity contribution in [2.75, 3.05) is 6.54 Å². The minimum Gasteiger partial charge on any atom is -0.480 e. The van der Waals surface area contributed by atoms with E-state index in [0.29, 0.717) is 37.9 Å². The van der Waals surface area contributed by atoms with Crippen molar-refractivity contribution in [3.05, 3.63) is 54.1 Å². The van der Waals surface area contributed by atoms with Crippen LogP contribution in [0.4, 0.5) is 0 Å². The quantitative estimate of drug-likeness (QED) is 0.277. The molecule has 1 aromatic carbocycles. The summed E-state index contributed by atoms with van der Waals surface area (Å²) >= 11 is 0. The van der Waals surface area contributed by atoms with Crippen LogP contribution in [0.2, 0.25) is 0 Å². The third kappa shape index (κ3) is 7.39. The summed E-state index contributed by atoms with van der Waals surface area (Å²) in [6, 6.07) is 5.57. The molecule has 11 heteroatoms. The van der Waals surface area contributed by atoms with E-state index in [9.17, 15) is 24.3 Å². The fourth-order valence-corrected chi connectivity index (χ4v) is 4.47. The largest absolute Gasteiger partial charge is 0.480 e. The standard InChI is InChI=1S/C26H36N6O5/c1-3-16(2)22(25(35)32-11-7-10-21(32)26(36)37)31-24(34)20(13-18-14-28-15-29-18)30-23(33)19(27)12-17-8-5-4-6-9-17/h4-6,8-9,14-16,19-22H,3,7,10-13,27H2,1-2H3,(H,28,29)(H,30,33)(H,31,34)(H,36,37). The summed E-state index contributed by atoms with van der Waals surface area (Å²) in [4.78, 5) is 59.7. The maximum Gasteiger partial charge on any atom is 0.326 e. The highest BCUT2D eigenvalue weighted by Gasteiger charge is 2.40. The Morgan fingerprint density at radius 3 is 2.51 bits per heavy atom. The number of imidazole rings is 1. The van der Waals surface area contributed by atoms with E-state index in [1.807, 2.05) is 44.2 Å². The Bertz CT molecular complexity index is 1060. The minimum absolute atomic E-state index is 0.110. The number of carbonyl (C=O) groups excluding carboxylic acids is 3. The molecule has 0 spiro atoms. The van der Waals surface area contributed by atoms with E-state index >= 15 is 0 Å². The van der Waals surface area contributed by atoms with Gasteiger partial charge in [-0.3, -0.25) is 14.4 Å². The molecule has 0 saturated carbocycles. The smallest absolute Gasteiger partial charge is 0.326 e. The molecule has 6 N–H and O–H groups in total. The molecule has 1 saturated heterocycles. The maximum absolute atomic E-state index is 13.5. The molecule has 0 bridgehead atoms. The summed E-state index contributed by atoms with van der Waals surface area (Å²) in [5.41, 5.74) is 7.65.